The summed E-state index contributed by atoms with van der Waals surface area (Å²) in [6, 6.07) is 0. The van der Waals surface area contributed by atoms with Crippen LogP contribution in [0.4, 0.5) is 10.3 Å². The van der Waals surface area contributed by atoms with Crippen LogP contribution in [-0.4, -0.2) is 92.0 Å². The maximum absolute atomic E-state index is 15.0. The Labute approximate surface area is 264 Å². The molecule has 0 aromatic carbocycles. The summed E-state index contributed by atoms with van der Waals surface area (Å²) in [6.45, 7) is -9.49. The van der Waals surface area contributed by atoms with E-state index in [4.69, 9.17) is 24.0 Å². The van der Waals surface area contributed by atoms with Crippen LogP contribution in [0.25, 0.3) is 22.3 Å². The van der Waals surface area contributed by atoms with Crippen molar-refractivity contribution < 1.29 is 41.8 Å². The van der Waals surface area contributed by atoms with E-state index in [9.17, 15) is 28.7 Å². The number of rotatable bonds is 10. The highest BCUT2D eigenvalue weighted by molar-refractivity contribution is 8.44. The number of nitrogens with one attached hydrogen (secondary N) is 2. The molecule has 2 saturated heterocycles. The molecule has 25 heteroatoms. The van der Waals surface area contributed by atoms with Crippen molar-refractivity contribution in [1.29, 1.82) is 0 Å². The topological polar surface area (TPSA) is 265 Å². The second-order valence-electron chi connectivity index (χ2n) is 9.91. The molecule has 244 valence electrons. The zero-order chi connectivity index (χ0) is 32.3. The molecule has 0 amide bonds. The van der Waals surface area contributed by atoms with Crippen LogP contribution in [0.3, 0.4) is 0 Å². The van der Waals surface area contributed by atoms with Gasteiger partial charge in [-0.1, -0.05) is 24.5 Å². The zero-order valence-electron chi connectivity index (χ0n) is 22.4. The van der Waals surface area contributed by atoms with Gasteiger partial charge in [-0.2, -0.15) is 4.98 Å². The van der Waals surface area contributed by atoms with E-state index in [2.05, 4.69) is 54.4 Å². The van der Waals surface area contributed by atoms with Crippen LogP contribution < -0.4 is 16.9 Å². The molecule has 2 fully saturated rings. The highest BCUT2D eigenvalue weighted by Crippen LogP contribution is 2.59. The lowest BCUT2D eigenvalue weighted by atomic mass is 10.1. The van der Waals surface area contributed by atoms with Gasteiger partial charge in [0.05, 0.1) is 49.7 Å². The summed E-state index contributed by atoms with van der Waals surface area (Å²) < 4.78 is 64.4. The maximum atomic E-state index is 15.0. The van der Waals surface area contributed by atoms with Gasteiger partial charge in [-0.05, 0) is 0 Å². The Morgan fingerprint density at radius 2 is 1.82 bits per heavy atom. The molecule has 9 atom stereocenters. The predicted octanol–water partition coefficient (Wildman–Crippen LogP) is 0.922. The highest BCUT2D eigenvalue weighted by atomic mass is 32.7. The number of hydrogen-bond acceptors (Lipinski definition) is 15. The number of aliphatic hydroxyl groups is 1. The van der Waals surface area contributed by atoms with E-state index in [1.807, 2.05) is 0 Å². The molecule has 0 aliphatic carbocycles. The van der Waals surface area contributed by atoms with Gasteiger partial charge in [-0.15, -0.1) is 11.8 Å². The van der Waals surface area contributed by atoms with E-state index in [0.717, 1.165) is 18.1 Å². The molecule has 4 aromatic heterocycles. The van der Waals surface area contributed by atoms with Gasteiger partial charge in [0, 0.05) is 6.42 Å². The van der Waals surface area contributed by atoms with Crippen LogP contribution in [0.1, 0.15) is 18.0 Å². The number of alkyl halides is 1. The summed E-state index contributed by atoms with van der Waals surface area (Å²) in [5, 5.41) is 9.19. The third kappa shape index (κ3) is 6.75. The van der Waals surface area contributed by atoms with Crippen molar-refractivity contribution in [2.75, 3.05) is 18.9 Å². The number of nitrogens with zero attached hydrogens (tertiary/aromatic N) is 6. The molecule has 6 rings (SSSR count). The second-order valence-corrected chi connectivity index (χ2v) is 16.9. The Morgan fingerprint density at radius 3 is 2.56 bits per heavy atom. The SMILES string of the molecule is Nc1nc2c(ncn2[C@@H]2S[C@H](COP(=O)(O)S)[C@@H](O)[C@H]2OP(=O)(S)OC[C@@H]2C[C@H](F)[C@H](n3cnc4c(=O)[nH]cnc43)O2)c(=O)[nH]1. The van der Waals surface area contributed by atoms with Crippen molar-refractivity contribution in [3.8, 4) is 0 Å². The van der Waals surface area contributed by atoms with Gasteiger partial charge < -0.3 is 25.5 Å². The Kier molecular flexibility index (Phi) is 8.98. The maximum Gasteiger partial charge on any atom is 0.386 e. The first-order valence-corrected chi connectivity index (χ1v) is 19.2. The van der Waals surface area contributed by atoms with E-state index >= 15 is 4.39 Å². The average Bonchev–Trinajstić information content (AvgIpc) is 3.72. The number of ether oxygens (including phenoxy) is 1. The number of nitrogens with two attached hydrogens (primary N) is 1. The van der Waals surface area contributed by atoms with Crippen LogP contribution in [0.15, 0.2) is 28.6 Å². The number of thioether (sulfide) groups is 1. The Hall–Kier alpha value is -2.30. The number of fused-ring (bicyclic) bond motifs is 2. The zero-order valence-corrected chi connectivity index (χ0v) is 26.8. The Bertz CT molecular complexity index is 1950. The molecule has 6 N–H and O–H groups in total. The Balaban J connectivity index is 1.19. The smallest absolute Gasteiger partial charge is 0.386 e. The van der Waals surface area contributed by atoms with Crippen molar-refractivity contribution in [2.45, 2.75) is 47.8 Å². The third-order valence-corrected chi connectivity index (χ3v) is 10.9. The van der Waals surface area contributed by atoms with E-state index in [1.165, 1.54) is 21.8 Å². The summed E-state index contributed by atoms with van der Waals surface area (Å²) in [5.74, 6) is -0.220. The molecule has 2 aliphatic rings. The van der Waals surface area contributed by atoms with Crippen molar-refractivity contribution in [2.24, 2.45) is 0 Å². The van der Waals surface area contributed by atoms with Crippen molar-refractivity contribution in [1.82, 2.24) is 39.0 Å². The molecule has 0 bridgehead atoms. The molecular formula is C20H24FN9O10P2S3. The number of hydrogen-bond donors (Lipinski definition) is 7. The van der Waals surface area contributed by atoms with Crippen LogP contribution in [-0.2, 0) is 27.4 Å². The largest absolute Gasteiger partial charge is 0.389 e. The molecule has 0 radical (unpaired) electrons. The van der Waals surface area contributed by atoms with Gasteiger partial charge in [-0.3, -0.25) is 37.3 Å². The number of thiol groups is 2. The fourth-order valence-corrected chi connectivity index (χ4v) is 8.66. The lowest BCUT2D eigenvalue weighted by molar-refractivity contribution is -0.0356. The predicted molar refractivity (Wildman–Crippen MR) is 163 cm³/mol. The van der Waals surface area contributed by atoms with Crippen molar-refractivity contribution in [3.63, 3.8) is 0 Å². The summed E-state index contributed by atoms with van der Waals surface area (Å²) in [6.07, 6.45) is -3.17. The van der Waals surface area contributed by atoms with Crippen LogP contribution in [0.2, 0.25) is 0 Å². The minimum atomic E-state index is -4.34. The van der Waals surface area contributed by atoms with Gasteiger partial charge in [0.15, 0.2) is 28.6 Å². The van der Waals surface area contributed by atoms with Crippen molar-refractivity contribution in [3.05, 3.63) is 39.7 Å². The fraction of sp³-hybridized carbons (Fsp3) is 0.500. The van der Waals surface area contributed by atoms with Crippen molar-refractivity contribution >= 4 is 78.1 Å². The number of anilines is 1. The number of imidazole rings is 2. The van der Waals surface area contributed by atoms with Gasteiger partial charge in [0.2, 0.25) is 5.95 Å². The van der Waals surface area contributed by atoms with Crippen LogP contribution in [0.5, 0.6) is 0 Å². The van der Waals surface area contributed by atoms with Crippen LogP contribution >= 0.6 is 49.9 Å². The standard InChI is InChI=1S/C20H24FN9O10P2S3/c21-8-1-7(39-18(8)29-5-25-10-14(29)23-4-24-16(10)32)2-38-42(36,44)40-13-12(31)9(3-37-41(34,35)43)45-19(13)30-6-26-11-15(30)27-20(22)28-17(11)33/h4-9,12-13,18-19,31H,1-3H2,(H,36,44)(H,23,24,32)(H2,34,35,43)(H3,22,27,28,33)/t7-,8-,9+,12+,13+,18+,19+,42?/m0/s1. The van der Waals surface area contributed by atoms with E-state index in [0.29, 0.717) is 0 Å². The lowest BCUT2D eigenvalue weighted by Crippen LogP contribution is -2.35. The first kappa shape index (κ1) is 32.6. The molecule has 2 unspecified atom stereocenters. The number of halogens is 1. The summed E-state index contributed by atoms with van der Waals surface area (Å²) in [4.78, 5) is 54.6. The molecule has 4 aromatic rings. The van der Waals surface area contributed by atoms with Crippen LogP contribution in [0, 0.1) is 0 Å². The Morgan fingerprint density at radius 1 is 1.11 bits per heavy atom. The monoisotopic (exact) mass is 727 g/mol. The van der Waals surface area contributed by atoms with Gasteiger partial charge in [-0.25, -0.2) is 28.5 Å². The minimum absolute atomic E-state index is 0.00292. The van der Waals surface area contributed by atoms with E-state index in [1.54, 1.807) is 0 Å². The first-order valence-electron chi connectivity index (χ1n) is 12.8. The number of H-pyrrole nitrogens is 2. The molecule has 45 heavy (non-hydrogen) atoms. The highest BCUT2D eigenvalue weighted by Gasteiger charge is 2.49. The molecular weight excluding hydrogens is 703 g/mol. The summed E-state index contributed by atoms with van der Waals surface area (Å²) >= 11 is 8.50. The van der Waals surface area contributed by atoms with Gasteiger partial charge in [0.1, 0.15) is 17.6 Å². The molecule has 6 heterocycles. The molecule has 19 nitrogen and oxygen atoms in total. The number of aromatic amines is 2. The van der Waals surface area contributed by atoms with E-state index < -0.39 is 79.3 Å². The normalized spacial score (nSPS) is 29.8. The summed E-state index contributed by atoms with van der Waals surface area (Å²) in [5.41, 5.74) is 4.58. The fourth-order valence-electron chi connectivity index (χ4n) is 4.96. The first-order chi connectivity index (χ1) is 21.2. The third-order valence-electron chi connectivity index (χ3n) is 6.89. The average molecular weight is 728 g/mol. The molecule has 0 spiro atoms. The summed E-state index contributed by atoms with van der Waals surface area (Å²) in [7, 11) is 0. The molecule has 2 aliphatic heterocycles. The van der Waals surface area contributed by atoms with Gasteiger partial charge in [0.25, 0.3) is 11.1 Å². The quantitative estimate of drug-likeness (QED) is 0.0884. The second kappa shape index (κ2) is 12.4. The van der Waals surface area contributed by atoms with E-state index in [-0.39, 0.29) is 34.7 Å². The number of nitrogen functional groups attached to an aromatic ring is 1. The lowest BCUT2D eigenvalue weighted by Gasteiger charge is -2.26. The van der Waals surface area contributed by atoms with Gasteiger partial charge >= 0.3 is 13.6 Å². The number of aliphatic hydroxyl groups excluding tert-OH is 1. The minimum Gasteiger partial charge on any atom is -0.389 e. The molecule has 0 saturated carbocycles. The number of aromatic nitrogens is 8.